The van der Waals surface area contributed by atoms with Gasteiger partial charge in [0.25, 0.3) is 0 Å². The monoisotopic (exact) mass is 348 g/mol. The van der Waals surface area contributed by atoms with E-state index < -0.39 is 0 Å². The number of hydrogen-bond donors (Lipinski definition) is 1. The van der Waals surface area contributed by atoms with Crippen molar-refractivity contribution in [2.75, 3.05) is 6.61 Å². The summed E-state index contributed by atoms with van der Waals surface area (Å²) in [7, 11) is 0. The molecule has 1 aromatic carbocycles. The third-order valence-electron chi connectivity index (χ3n) is 3.98. The molecule has 5 nitrogen and oxygen atoms in total. The van der Waals surface area contributed by atoms with Crippen molar-refractivity contribution >= 4 is 17.2 Å². The average Bonchev–Trinajstić information content (AvgIpc) is 2.78. The first-order valence-electron chi connectivity index (χ1n) is 8.11. The van der Waals surface area contributed by atoms with E-state index in [0.29, 0.717) is 13.2 Å². The smallest absolute Gasteiger partial charge is 0.307 e. The lowest BCUT2D eigenvalue weighted by Gasteiger charge is -2.16. The summed E-state index contributed by atoms with van der Waals surface area (Å²) in [4.78, 5) is 25.0. The van der Waals surface area contributed by atoms with Crippen LogP contribution in [0.2, 0.25) is 0 Å². The molecule has 0 bridgehead atoms. The molecular weight excluding hydrogens is 324 g/mol. The SMILES string of the molecule is CCOc1cccc(C(C)NC(=O)CCn2c(C)c(C)sc2=O)c1. The summed E-state index contributed by atoms with van der Waals surface area (Å²) in [5.41, 5.74) is 1.93. The highest BCUT2D eigenvalue weighted by atomic mass is 32.1. The molecule has 24 heavy (non-hydrogen) atoms. The van der Waals surface area contributed by atoms with Crippen molar-refractivity contribution < 1.29 is 9.53 Å². The van der Waals surface area contributed by atoms with Crippen LogP contribution in [-0.2, 0) is 11.3 Å². The second-order valence-electron chi connectivity index (χ2n) is 5.71. The van der Waals surface area contributed by atoms with E-state index in [9.17, 15) is 9.59 Å². The molecule has 0 aliphatic heterocycles. The third-order valence-corrected chi connectivity index (χ3v) is 4.98. The topological polar surface area (TPSA) is 60.3 Å². The predicted molar refractivity (Wildman–Crippen MR) is 96.8 cm³/mol. The molecule has 2 rings (SSSR count). The first-order valence-corrected chi connectivity index (χ1v) is 8.93. The molecular formula is C18H24N2O3S. The number of thiazole rings is 1. The van der Waals surface area contributed by atoms with Crippen molar-refractivity contribution in [2.24, 2.45) is 0 Å². The standard InChI is InChI=1S/C18H24N2O3S/c1-5-23-16-8-6-7-15(11-16)12(2)19-17(21)9-10-20-13(3)14(4)24-18(20)22/h6-8,11-12H,5,9-10H2,1-4H3,(H,19,21). The first kappa shape index (κ1) is 18.3. The quantitative estimate of drug-likeness (QED) is 0.836. The molecule has 0 saturated carbocycles. The molecule has 0 aliphatic rings. The zero-order valence-electron chi connectivity index (χ0n) is 14.6. The van der Waals surface area contributed by atoms with Gasteiger partial charge in [0.15, 0.2) is 0 Å². The molecule has 1 aromatic heterocycles. The normalized spacial score (nSPS) is 12.0. The molecule has 130 valence electrons. The zero-order chi connectivity index (χ0) is 17.7. The molecule has 6 heteroatoms. The van der Waals surface area contributed by atoms with Gasteiger partial charge in [0.1, 0.15) is 5.75 Å². The van der Waals surface area contributed by atoms with Crippen molar-refractivity contribution in [3.8, 4) is 5.75 Å². The maximum atomic E-state index is 12.2. The van der Waals surface area contributed by atoms with Gasteiger partial charge in [-0.05, 0) is 45.4 Å². The fraction of sp³-hybridized carbons (Fsp3) is 0.444. The third kappa shape index (κ3) is 4.47. The number of aryl methyl sites for hydroxylation is 1. The summed E-state index contributed by atoms with van der Waals surface area (Å²) in [6.45, 7) is 8.73. The number of hydrogen-bond acceptors (Lipinski definition) is 4. The molecule has 1 heterocycles. The molecule has 0 aliphatic carbocycles. The van der Waals surface area contributed by atoms with Crippen molar-refractivity contribution in [1.29, 1.82) is 0 Å². The van der Waals surface area contributed by atoms with Crippen molar-refractivity contribution in [3.63, 3.8) is 0 Å². The summed E-state index contributed by atoms with van der Waals surface area (Å²) in [6.07, 6.45) is 0.284. The van der Waals surface area contributed by atoms with Crippen LogP contribution in [0, 0.1) is 13.8 Å². The molecule has 1 amide bonds. The fourth-order valence-electron chi connectivity index (χ4n) is 2.50. The Morgan fingerprint density at radius 3 is 2.75 bits per heavy atom. The molecule has 0 fully saturated rings. The fourth-order valence-corrected chi connectivity index (χ4v) is 3.35. The number of carbonyl (C=O) groups is 1. The maximum absolute atomic E-state index is 12.2. The van der Waals surface area contributed by atoms with Crippen LogP contribution in [0.4, 0.5) is 0 Å². The Morgan fingerprint density at radius 2 is 2.12 bits per heavy atom. The van der Waals surface area contributed by atoms with Gasteiger partial charge in [-0.3, -0.25) is 9.59 Å². The van der Waals surface area contributed by atoms with E-state index in [-0.39, 0.29) is 23.2 Å². The average molecular weight is 348 g/mol. The second kappa shape index (κ2) is 8.15. The van der Waals surface area contributed by atoms with Crippen molar-refractivity contribution in [3.05, 3.63) is 50.1 Å². The number of amides is 1. The van der Waals surface area contributed by atoms with E-state index in [1.807, 2.05) is 52.0 Å². The first-order chi connectivity index (χ1) is 11.4. The summed E-state index contributed by atoms with van der Waals surface area (Å²) in [5.74, 6) is 0.728. The molecule has 2 aromatic rings. The lowest BCUT2D eigenvalue weighted by molar-refractivity contribution is -0.121. The van der Waals surface area contributed by atoms with Crippen molar-refractivity contribution in [2.45, 2.75) is 46.7 Å². The number of nitrogens with one attached hydrogen (secondary N) is 1. The predicted octanol–water partition coefficient (Wildman–Crippen LogP) is 3.19. The molecule has 0 radical (unpaired) electrons. The van der Waals surface area contributed by atoms with Gasteiger partial charge in [-0.15, -0.1) is 0 Å². The van der Waals surface area contributed by atoms with Gasteiger partial charge in [0.05, 0.1) is 12.6 Å². The summed E-state index contributed by atoms with van der Waals surface area (Å²) < 4.78 is 7.15. The number of ether oxygens (including phenoxy) is 1. The van der Waals surface area contributed by atoms with Crippen LogP contribution >= 0.6 is 11.3 Å². The van der Waals surface area contributed by atoms with Gasteiger partial charge in [0.2, 0.25) is 5.91 Å². The minimum Gasteiger partial charge on any atom is -0.494 e. The summed E-state index contributed by atoms with van der Waals surface area (Å²) in [5, 5.41) is 2.98. The van der Waals surface area contributed by atoms with E-state index in [2.05, 4.69) is 5.32 Å². The van der Waals surface area contributed by atoms with E-state index in [0.717, 1.165) is 21.9 Å². The minimum atomic E-state index is -0.111. The number of rotatable bonds is 7. The lowest BCUT2D eigenvalue weighted by Crippen LogP contribution is -2.28. The number of aromatic nitrogens is 1. The summed E-state index contributed by atoms with van der Waals surface area (Å²) >= 11 is 1.23. The maximum Gasteiger partial charge on any atom is 0.307 e. The van der Waals surface area contributed by atoms with Gasteiger partial charge in [-0.1, -0.05) is 23.5 Å². The van der Waals surface area contributed by atoms with Crippen LogP contribution in [0.1, 0.15) is 42.4 Å². The van der Waals surface area contributed by atoms with E-state index in [1.54, 1.807) is 4.57 Å². The minimum absolute atomic E-state index is 0.00439. The Balaban J connectivity index is 1.94. The van der Waals surface area contributed by atoms with Crippen LogP contribution < -0.4 is 14.9 Å². The molecule has 0 saturated heterocycles. The van der Waals surface area contributed by atoms with Crippen LogP contribution in [0.3, 0.4) is 0 Å². The molecule has 1 N–H and O–H groups in total. The number of benzene rings is 1. The van der Waals surface area contributed by atoms with Crippen LogP contribution in [0.5, 0.6) is 5.75 Å². The Hall–Kier alpha value is -2.08. The van der Waals surface area contributed by atoms with E-state index >= 15 is 0 Å². The van der Waals surface area contributed by atoms with Crippen LogP contribution in [-0.4, -0.2) is 17.1 Å². The van der Waals surface area contributed by atoms with Crippen LogP contribution in [0.25, 0.3) is 0 Å². The Morgan fingerprint density at radius 1 is 1.38 bits per heavy atom. The van der Waals surface area contributed by atoms with Gasteiger partial charge in [-0.25, -0.2) is 0 Å². The molecule has 1 atom stereocenters. The Kier molecular flexibility index (Phi) is 6.20. The highest BCUT2D eigenvalue weighted by Gasteiger charge is 2.13. The number of carbonyl (C=O) groups excluding carboxylic acids is 1. The largest absolute Gasteiger partial charge is 0.494 e. The lowest BCUT2D eigenvalue weighted by atomic mass is 10.1. The van der Waals surface area contributed by atoms with Gasteiger partial charge in [0, 0.05) is 23.5 Å². The molecule has 0 spiro atoms. The van der Waals surface area contributed by atoms with E-state index in [1.165, 1.54) is 11.3 Å². The Labute approximate surface area is 146 Å². The number of nitrogens with zero attached hydrogens (tertiary/aromatic N) is 1. The van der Waals surface area contributed by atoms with Gasteiger partial charge < -0.3 is 14.6 Å². The summed E-state index contributed by atoms with van der Waals surface area (Å²) in [6, 6.07) is 7.60. The van der Waals surface area contributed by atoms with Gasteiger partial charge in [-0.2, -0.15) is 0 Å². The Bertz CT molecular complexity index is 764. The van der Waals surface area contributed by atoms with E-state index in [4.69, 9.17) is 4.74 Å². The van der Waals surface area contributed by atoms with Crippen LogP contribution in [0.15, 0.2) is 29.1 Å². The second-order valence-corrected chi connectivity index (χ2v) is 6.87. The zero-order valence-corrected chi connectivity index (χ0v) is 15.4. The highest BCUT2D eigenvalue weighted by molar-refractivity contribution is 7.09. The molecule has 1 unspecified atom stereocenters. The highest BCUT2D eigenvalue weighted by Crippen LogP contribution is 2.19. The van der Waals surface area contributed by atoms with Gasteiger partial charge >= 0.3 is 4.87 Å². The van der Waals surface area contributed by atoms with Crippen molar-refractivity contribution in [1.82, 2.24) is 9.88 Å².